The van der Waals surface area contributed by atoms with Crippen LogP contribution >= 0.6 is 0 Å². The SMILES string of the molecule is COc1cccc(C(NN)C2(OC)CCOCC2)c1. The molecule has 106 valence electrons. The van der Waals surface area contributed by atoms with Crippen LogP contribution in [0.5, 0.6) is 5.75 Å². The third-order valence-corrected chi connectivity index (χ3v) is 3.87. The maximum Gasteiger partial charge on any atom is 0.119 e. The standard InChI is InChI=1S/C14H22N2O3/c1-17-12-5-3-4-11(10-12)13(16-15)14(18-2)6-8-19-9-7-14/h3-5,10,13,16H,6-9,15H2,1-2H3. The summed E-state index contributed by atoms with van der Waals surface area (Å²) >= 11 is 0. The molecule has 1 aliphatic heterocycles. The lowest BCUT2D eigenvalue weighted by Gasteiger charge is -2.42. The predicted molar refractivity (Wildman–Crippen MR) is 72.9 cm³/mol. The van der Waals surface area contributed by atoms with Crippen LogP contribution in [0.15, 0.2) is 24.3 Å². The summed E-state index contributed by atoms with van der Waals surface area (Å²) in [7, 11) is 3.39. The molecule has 0 saturated carbocycles. The van der Waals surface area contributed by atoms with Crippen molar-refractivity contribution in [2.45, 2.75) is 24.5 Å². The Morgan fingerprint density at radius 2 is 2.05 bits per heavy atom. The van der Waals surface area contributed by atoms with Crippen LogP contribution in [-0.4, -0.2) is 33.0 Å². The summed E-state index contributed by atoms with van der Waals surface area (Å²) in [6.07, 6.45) is 1.63. The molecule has 0 spiro atoms. The van der Waals surface area contributed by atoms with E-state index in [9.17, 15) is 0 Å². The van der Waals surface area contributed by atoms with Gasteiger partial charge in [0.15, 0.2) is 0 Å². The molecular weight excluding hydrogens is 244 g/mol. The summed E-state index contributed by atoms with van der Waals surface area (Å²) in [4.78, 5) is 0. The van der Waals surface area contributed by atoms with E-state index >= 15 is 0 Å². The second kappa shape index (κ2) is 6.34. The first-order valence-corrected chi connectivity index (χ1v) is 6.49. The number of nitrogens with one attached hydrogen (secondary N) is 1. The highest BCUT2D eigenvalue weighted by Gasteiger charge is 2.41. The average molecular weight is 266 g/mol. The second-order valence-electron chi connectivity index (χ2n) is 4.76. The van der Waals surface area contributed by atoms with Crippen molar-refractivity contribution < 1.29 is 14.2 Å². The van der Waals surface area contributed by atoms with E-state index in [-0.39, 0.29) is 11.6 Å². The molecule has 1 fully saturated rings. The summed E-state index contributed by atoms with van der Waals surface area (Å²) in [5, 5.41) is 0. The van der Waals surface area contributed by atoms with Gasteiger partial charge in [-0.3, -0.25) is 11.3 Å². The fourth-order valence-electron chi connectivity index (χ4n) is 2.70. The van der Waals surface area contributed by atoms with Crippen molar-refractivity contribution in [3.63, 3.8) is 0 Å². The second-order valence-corrected chi connectivity index (χ2v) is 4.76. The zero-order valence-electron chi connectivity index (χ0n) is 11.5. The molecule has 1 aromatic rings. The first kappa shape index (κ1) is 14.3. The Morgan fingerprint density at radius 1 is 1.32 bits per heavy atom. The minimum atomic E-state index is -0.334. The van der Waals surface area contributed by atoms with Crippen molar-refractivity contribution in [2.75, 3.05) is 27.4 Å². The summed E-state index contributed by atoms with van der Waals surface area (Å²) < 4.78 is 16.5. The third kappa shape index (κ3) is 2.90. The lowest BCUT2D eigenvalue weighted by Crippen LogP contribution is -2.51. The zero-order valence-corrected chi connectivity index (χ0v) is 11.5. The number of nitrogens with two attached hydrogens (primary N) is 1. The number of benzene rings is 1. The van der Waals surface area contributed by atoms with Gasteiger partial charge in [0, 0.05) is 33.2 Å². The Labute approximate surface area is 114 Å². The first-order valence-electron chi connectivity index (χ1n) is 6.49. The fourth-order valence-corrected chi connectivity index (χ4v) is 2.70. The molecule has 3 N–H and O–H groups in total. The van der Waals surface area contributed by atoms with E-state index in [1.165, 1.54) is 0 Å². The molecule has 5 nitrogen and oxygen atoms in total. The summed E-state index contributed by atoms with van der Waals surface area (Å²) in [6.45, 7) is 1.38. The van der Waals surface area contributed by atoms with E-state index < -0.39 is 0 Å². The van der Waals surface area contributed by atoms with Gasteiger partial charge in [-0.1, -0.05) is 12.1 Å². The maximum atomic E-state index is 5.80. The Kier molecular flexibility index (Phi) is 4.76. The van der Waals surface area contributed by atoms with Gasteiger partial charge in [-0.25, -0.2) is 0 Å². The molecule has 5 heteroatoms. The number of methoxy groups -OCH3 is 2. The quantitative estimate of drug-likeness (QED) is 0.623. The molecule has 2 rings (SSSR count). The number of hydrogen-bond acceptors (Lipinski definition) is 5. The molecule has 0 aromatic heterocycles. The molecule has 1 aliphatic rings. The molecule has 1 atom stereocenters. The predicted octanol–water partition coefficient (Wildman–Crippen LogP) is 1.40. The molecule has 0 radical (unpaired) electrons. The van der Waals surface area contributed by atoms with Gasteiger partial charge in [0.05, 0.1) is 18.8 Å². The van der Waals surface area contributed by atoms with Crippen molar-refractivity contribution in [2.24, 2.45) is 5.84 Å². The molecule has 19 heavy (non-hydrogen) atoms. The monoisotopic (exact) mass is 266 g/mol. The van der Waals surface area contributed by atoms with Crippen molar-refractivity contribution in [1.29, 1.82) is 0 Å². The lowest BCUT2D eigenvalue weighted by molar-refractivity contribution is -0.111. The van der Waals surface area contributed by atoms with E-state index in [0.29, 0.717) is 13.2 Å². The number of ether oxygens (including phenoxy) is 3. The number of hydrogen-bond donors (Lipinski definition) is 2. The smallest absolute Gasteiger partial charge is 0.119 e. The van der Waals surface area contributed by atoms with E-state index in [4.69, 9.17) is 20.1 Å². The minimum Gasteiger partial charge on any atom is -0.497 e. The van der Waals surface area contributed by atoms with Crippen LogP contribution in [0.25, 0.3) is 0 Å². The van der Waals surface area contributed by atoms with Gasteiger partial charge in [0.25, 0.3) is 0 Å². The Hall–Kier alpha value is -1.14. The normalized spacial score (nSPS) is 19.9. The maximum absolute atomic E-state index is 5.80. The van der Waals surface area contributed by atoms with Crippen molar-refractivity contribution in [3.05, 3.63) is 29.8 Å². The van der Waals surface area contributed by atoms with Gasteiger partial charge in [0.1, 0.15) is 5.75 Å². The van der Waals surface area contributed by atoms with Crippen LogP contribution < -0.4 is 16.0 Å². The molecule has 1 heterocycles. The Bertz CT molecular complexity index is 405. The van der Waals surface area contributed by atoms with E-state index in [1.54, 1.807) is 14.2 Å². The van der Waals surface area contributed by atoms with E-state index in [1.807, 2.05) is 24.3 Å². The van der Waals surface area contributed by atoms with Crippen molar-refractivity contribution in [1.82, 2.24) is 5.43 Å². The van der Waals surface area contributed by atoms with Gasteiger partial charge in [-0.05, 0) is 17.7 Å². The van der Waals surface area contributed by atoms with Crippen LogP contribution in [-0.2, 0) is 9.47 Å². The highest BCUT2D eigenvalue weighted by Crippen LogP contribution is 2.37. The zero-order chi connectivity index (χ0) is 13.7. The largest absolute Gasteiger partial charge is 0.497 e. The highest BCUT2D eigenvalue weighted by atomic mass is 16.5. The van der Waals surface area contributed by atoms with Gasteiger partial charge in [0.2, 0.25) is 0 Å². The molecular formula is C14H22N2O3. The molecule has 1 aromatic carbocycles. The molecule has 1 saturated heterocycles. The van der Waals surface area contributed by atoms with Crippen LogP contribution in [0.4, 0.5) is 0 Å². The lowest BCUT2D eigenvalue weighted by atomic mass is 9.82. The topological polar surface area (TPSA) is 65.7 Å². The average Bonchev–Trinajstić information content (AvgIpc) is 2.49. The first-order chi connectivity index (χ1) is 9.25. The summed E-state index contributed by atoms with van der Waals surface area (Å²) in [6, 6.07) is 7.81. The van der Waals surface area contributed by atoms with E-state index in [0.717, 1.165) is 24.2 Å². The van der Waals surface area contributed by atoms with Gasteiger partial charge >= 0.3 is 0 Å². The van der Waals surface area contributed by atoms with E-state index in [2.05, 4.69) is 5.43 Å². The third-order valence-electron chi connectivity index (χ3n) is 3.87. The van der Waals surface area contributed by atoms with Gasteiger partial charge < -0.3 is 14.2 Å². The van der Waals surface area contributed by atoms with Crippen LogP contribution in [0.3, 0.4) is 0 Å². The van der Waals surface area contributed by atoms with Crippen molar-refractivity contribution in [3.8, 4) is 5.75 Å². The van der Waals surface area contributed by atoms with Crippen LogP contribution in [0.2, 0.25) is 0 Å². The van der Waals surface area contributed by atoms with Gasteiger partial charge in [-0.15, -0.1) is 0 Å². The van der Waals surface area contributed by atoms with Gasteiger partial charge in [-0.2, -0.15) is 0 Å². The Morgan fingerprint density at radius 3 is 2.63 bits per heavy atom. The number of rotatable bonds is 5. The molecule has 1 unspecified atom stereocenters. The number of hydrazine groups is 1. The van der Waals surface area contributed by atoms with Crippen LogP contribution in [0, 0.1) is 0 Å². The molecule has 0 amide bonds. The summed E-state index contributed by atoms with van der Waals surface area (Å²) in [5.41, 5.74) is 3.62. The Balaban J connectivity index is 2.30. The summed E-state index contributed by atoms with van der Waals surface area (Å²) in [5.74, 6) is 6.59. The minimum absolute atomic E-state index is 0.0866. The van der Waals surface area contributed by atoms with Crippen LogP contribution in [0.1, 0.15) is 24.4 Å². The molecule has 0 aliphatic carbocycles. The fraction of sp³-hybridized carbons (Fsp3) is 0.571. The van der Waals surface area contributed by atoms with Crippen molar-refractivity contribution >= 4 is 0 Å². The highest BCUT2D eigenvalue weighted by molar-refractivity contribution is 5.32. The molecule has 0 bridgehead atoms.